The maximum absolute atomic E-state index is 11.9. The smallest absolute Gasteiger partial charge is 0.160 e. The van der Waals surface area contributed by atoms with Crippen molar-refractivity contribution < 1.29 is 9.59 Å². The number of nitrogens with one attached hydrogen (secondary N) is 1. The Kier molecular flexibility index (Phi) is 3.10. The van der Waals surface area contributed by atoms with Crippen LogP contribution in [0.2, 0.25) is 0 Å². The Morgan fingerprint density at radius 1 is 0.905 bits per heavy atom. The molecule has 0 spiro atoms. The van der Waals surface area contributed by atoms with E-state index in [0.29, 0.717) is 33.3 Å². The number of benzene rings is 2. The van der Waals surface area contributed by atoms with Crippen LogP contribution in [-0.2, 0) is 0 Å². The average Bonchev–Trinajstić information content (AvgIpc) is 2.94. The van der Waals surface area contributed by atoms with Crippen LogP contribution >= 0.6 is 0 Å². The van der Waals surface area contributed by atoms with Crippen LogP contribution in [0.25, 0.3) is 22.2 Å². The van der Waals surface area contributed by atoms with E-state index >= 15 is 0 Å². The molecule has 0 fully saturated rings. The van der Waals surface area contributed by atoms with E-state index in [1.165, 1.54) is 13.8 Å². The molecule has 3 rings (SSSR count). The van der Waals surface area contributed by atoms with Crippen molar-refractivity contribution >= 4 is 22.6 Å². The third-order valence-electron chi connectivity index (χ3n) is 3.44. The van der Waals surface area contributed by atoms with Gasteiger partial charge in [-0.25, -0.2) is 0 Å². The lowest BCUT2D eigenvalue weighted by Gasteiger charge is -2.11. The van der Waals surface area contributed by atoms with Crippen LogP contribution in [0, 0.1) is 0 Å². The number of H-pyrrole nitrogens is 1. The Labute approximate surface area is 121 Å². The Bertz CT molecular complexity index is 865. The summed E-state index contributed by atoms with van der Waals surface area (Å²) >= 11 is 0. The van der Waals surface area contributed by atoms with Crippen molar-refractivity contribution in [1.82, 2.24) is 15.4 Å². The number of Topliss-reactive ketones (excluding diaryl/α,β-unsaturated/α-hetero) is 2. The van der Waals surface area contributed by atoms with Gasteiger partial charge in [-0.2, -0.15) is 15.4 Å². The Morgan fingerprint density at radius 3 is 2.33 bits per heavy atom. The summed E-state index contributed by atoms with van der Waals surface area (Å²) in [7, 11) is 0. The van der Waals surface area contributed by atoms with Crippen molar-refractivity contribution in [2.45, 2.75) is 13.8 Å². The first kappa shape index (κ1) is 13.2. The van der Waals surface area contributed by atoms with Crippen LogP contribution < -0.4 is 0 Å². The van der Waals surface area contributed by atoms with E-state index in [9.17, 15) is 9.59 Å². The highest BCUT2D eigenvalue weighted by molar-refractivity contribution is 6.11. The molecule has 0 atom stereocenters. The highest BCUT2D eigenvalue weighted by Crippen LogP contribution is 2.33. The van der Waals surface area contributed by atoms with Gasteiger partial charge in [0.05, 0.1) is 0 Å². The van der Waals surface area contributed by atoms with Crippen molar-refractivity contribution in [3.63, 3.8) is 0 Å². The number of hydrogen-bond acceptors (Lipinski definition) is 4. The SMILES string of the molecule is CC(=O)c1ccccc1-c1c(C(C)=O)ccc2n[nH]nc12. The van der Waals surface area contributed by atoms with Gasteiger partial charge >= 0.3 is 0 Å². The number of hydrogen-bond donors (Lipinski definition) is 1. The van der Waals surface area contributed by atoms with Gasteiger partial charge < -0.3 is 0 Å². The minimum Gasteiger partial charge on any atom is -0.294 e. The summed E-state index contributed by atoms with van der Waals surface area (Å²) < 4.78 is 0. The predicted molar refractivity (Wildman–Crippen MR) is 79.3 cm³/mol. The molecule has 0 bridgehead atoms. The molecule has 0 unspecified atom stereocenters. The summed E-state index contributed by atoms with van der Waals surface area (Å²) in [5.74, 6) is -0.131. The number of carbonyl (C=O) groups is 2. The van der Waals surface area contributed by atoms with Gasteiger partial charge in [0, 0.05) is 16.7 Å². The third kappa shape index (κ3) is 2.12. The van der Waals surface area contributed by atoms with Crippen molar-refractivity contribution in [3.8, 4) is 11.1 Å². The van der Waals surface area contributed by atoms with E-state index in [4.69, 9.17) is 0 Å². The summed E-state index contributed by atoms with van der Waals surface area (Å²) in [6.45, 7) is 3.01. The molecular weight excluding hydrogens is 266 g/mol. The number of rotatable bonds is 3. The Morgan fingerprint density at radius 2 is 1.62 bits per heavy atom. The van der Waals surface area contributed by atoms with Gasteiger partial charge in [0.25, 0.3) is 0 Å². The van der Waals surface area contributed by atoms with Gasteiger partial charge in [-0.3, -0.25) is 9.59 Å². The number of carbonyl (C=O) groups excluding carboxylic acids is 2. The molecule has 3 aromatic rings. The number of aromatic nitrogens is 3. The summed E-state index contributed by atoms with van der Waals surface area (Å²) in [6, 6.07) is 10.7. The summed E-state index contributed by atoms with van der Waals surface area (Å²) in [5, 5.41) is 10.8. The zero-order valence-electron chi connectivity index (χ0n) is 11.7. The first-order valence-corrected chi connectivity index (χ1v) is 6.54. The van der Waals surface area contributed by atoms with Crippen LogP contribution in [0.1, 0.15) is 34.6 Å². The van der Waals surface area contributed by atoms with E-state index in [1.807, 2.05) is 12.1 Å². The number of nitrogens with zero attached hydrogens (tertiary/aromatic N) is 2. The quantitative estimate of drug-likeness (QED) is 0.748. The second-order valence-electron chi connectivity index (χ2n) is 4.84. The monoisotopic (exact) mass is 279 g/mol. The standard InChI is InChI=1S/C16H13N3O2/c1-9(20)11-5-3-4-6-13(11)15-12(10(2)21)7-8-14-16(15)18-19-17-14/h3-8H,1-2H3,(H,17,18,19). The molecule has 21 heavy (non-hydrogen) atoms. The fraction of sp³-hybridized carbons (Fsp3) is 0.125. The van der Waals surface area contributed by atoms with Crippen LogP contribution in [-0.4, -0.2) is 27.0 Å². The van der Waals surface area contributed by atoms with Crippen molar-refractivity contribution in [3.05, 3.63) is 47.5 Å². The molecule has 5 nitrogen and oxygen atoms in total. The molecule has 1 N–H and O–H groups in total. The lowest BCUT2D eigenvalue weighted by molar-refractivity contribution is 0.100. The van der Waals surface area contributed by atoms with Gasteiger partial charge in [-0.05, 0) is 31.5 Å². The minimum atomic E-state index is -0.0757. The van der Waals surface area contributed by atoms with Gasteiger partial charge in [-0.1, -0.05) is 24.3 Å². The van der Waals surface area contributed by atoms with E-state index in [0.717, 1.165) is 0 Å². The molecule has 1 heterocycles. The predicted octanol–water partition coefficient (Wildman–Crippen LogP) is 3.03. The Balaban J connectivity index is 2.44. The maximum atomic E-state index is 11.9. The van der Waals surface area contributed by atoms with Gasteiger partial charge in [-0.15, -0.1) is 0 Å². The van der Waals surface area contributed by atoms with Crippen molar-refractivity contribution in [2.75, 3.05) is 0 Å². The minimum absolute atomic E-state index is 0.0550. The van der Waals surface area contributed by atoms with E-state index < -0.39 is 0 Å². The summed E-state index contributed by atoms with van der Waals surface area (Å²) in [5.41, 5.74) is 3.71. The molecule has 0 aliphatic rings. The summed E-state index contributed by atoms with van der Waals surface area (Å²) in [6.07, 6.45) is 0. The zero-order valence-corrected chi connectivity index (χ0v) is 11.7. The van der Waals surface area contributed by atoms with Gasteiger partial charge in [0.1, 0.15) is 11.0 Å². The van der Waals surface area contributed by atoms with Crippen molar-refractivity contribution in [1.29, 1.82) is 0 Å². The zero-order chi connectivity index (χ0) is 15.0. The first-order chi connectivity index (χ1) is 10.1. The van der Waals surface area contributed by atoms with Crippen LogP contribution in [0.15, 0.2) is 36.4 Å². The third-order valence-corrected chi connectivity index (χ3v) is 3.44. The molecule has 5 heteroatoms. The molecule has 0 aliphatic heterocycles. The molecule has 0 amide bonds. The van der Waals surface area contributed by atoms with Crippen molar-refractivity contribution in [2.24, 2.45) is 0 Å². The normalized spacial score (nSPS) is 10.8. The lowest BCUT2D eigenvalue weighted by atomic mass is 9.91. The fourth-order valence-electron chi connectivity index (χ4n) is 2.49. The molecule has 0 saturated heterocycles. The first-order valence-electron chi connectivity index (χ1n) is 6.54. The second-order valence-corrected chi connectivity index (χ2v) is 4.84. The van der Waals surface area contributed by atoms with Crippen LogP contribution in [0.3, 0.4) is 0 Å². The van der Waals surface area contributed by atoms with E-state index in [1.54, 1.807) is 24.3 Å². The lowest BCUT2D eigenvalue weighted by Crippen LogP contribution is -2.02. The van der Waals surface area contributed by atoms with Crippen LogP contribution in [0.5, 0.6) is 0 Å². The van der Waals surface area contributed by atoms with E-state index in [-0.39, 0.29) is 11.6 Å². The molecule has 2 aromatic carbocycles. The highest BCUT2D eigenvalue weighted by atomic mass is 16.1. The molecule has 0 saturated carbocycles. The van der Waals surface area contributed by atoms with Gasteiger partial charge in [0.15, 0.2) is 11.6 Å². The molecule has 104 valence electrons. The number of fused-ring (bicyclic) bond motifs is 1. The second kappa shape index (κ2) is 4.94. The van der Waals surface area contributed by atoms with E-state index in [2.05, 4.69) is 15.4 Å². The maximum Gasteiger partial charge on any atom is 0.160 e. The summed E-state index contributed by atoms with van der Waals surface area (Å²) in [4.78, 5) is 23.8. The molecule has 0 aliphatic carbocycles. The van der Waals surface area contributed by atoms with Crippen LogP contribution in [0.4, 0.5) is 0 Å². The fourth-order valence-corrected chi connectivity index (χ4v) is 2.49. The number of aromatic amines is 1. The highest BCUT2D eigenvalue weighted by Gasteiger charge is 2.19. The molecular formula is C16H13N3O2. The molecule has 1 aromatic heterocycles. The Hall–Kier alpha value is -2.82. The average molecular weight is 279 g/mol. The topological polar surface area (TPSA) is 75.7 Å². The molecule has 0 radical (unpaired) electrons. The largest absolute Gasteiger partial charge is 0.294 e. The van der Waals surface area contributed by atoms with Gasteiger partial charge in [0.2, 0.25) is 0 Å². The number of ketones is 2.